The summed E-state index contributed by atoms with van der Waals surface area (Å²) in [5.41, 5.74) is 0. The maximum Gasteiger partial charge on any atom is 0.413 e. The number of nitrogens with one attached hydrogen (secondary N) is 1. The van der Waals surface area contributed by atoms with Crippen LogP contribution in [0.3, 0.4) is 0 Å². The van der Waals surface area contributed by atoms with Gasteiger partial charge in [0, 0.05) is 24.5 Å². The number of carbonyl (C=O) groups is 3. The lowest BCUT2D eigenvalue weighted by Gasteiger charge is -2.22. The van der Waals surface area contributed by atoms with E-state index in [1.165, 1.54) is 26.5 Å². The van der Waals surface area contributed by atoms with E-state index in [2.05, 4.69) is 10.2 Å². The molecule has 10 nitrogen and oxygen atoms in total. The molecule has 24 heavy (non-hydrogen) atoms. The molecule has 0 aliphatic carbocycles. The fraction of sp³-hybridized carbons (Fsp3) is 0.750. The summed E-state index contributed by atoms with van der Waals surface area (Å²) in [5, 5.41) is 11.1. The Morgan fingerprint density at radius 1 is 1.38 bits per heavy atom. The van der Waals surface area contributed by atoms with E-state index >= 15 is 0 Å². The summed E-state index contributed by atoms with van der Waals surface area (Å²) < 4.78 is 4.85. The highest BCUT2D eigenvalue weighted by molar-refractivity contribution is 8.76. The molecule has 0 aromatic heterocycles. The van der Waals surface area contributed by atoms with E-state index < -0.39 is 23.1 Å². The Labute approximate surface area is 146 Å². The van der Waals surface area contributed by atoms with Gasteiger partial charge < -0.3 is 14.5 Å². The van der Waals surface area contributed by atoms with E-state index in [4.69, 9.17) is 4.74 Å². The van der Waals surface area contributed by atoms with E-state index in [1.807, 2.05) is 0 Å². The minimum absolute atomic E-state index is 0.00633. The highest BCUT2D eigenvalue weighted by atomic mass is 33.1. The number of likely N-dealkylation sites (tertiary alicyclic amines) is 1. The van der Waals surface area contributed by atoms with Crippen molar-refractivity contribution in [2.75, 3.05) is 31.3 Å². The van der Waals surface area contributed by atoms with Crippen LogP contribution in [0.25, 0.3) is 0 Å². The lowest BCUT2D eigenvalue weighted by Crippen LogP contribution is -2.47. The first-order valence-electron chi connectivity index (χ1n) is 7.20. The third-order valence-electron chi connectivity index (χ3n) is 3.03. The van der Waals surface area contributed by atoms with Crippen molar-refractivity contribution in [1.82, 2.24) is 10.2 Å². The SMILES string of the molecule is CC(C(=O)NC(=O)OCCSSCCO[N+](=O)[O-])N1CCCC1=O. The molecule has 1 fully saturated rings. The maximum absolute atomic E-state index is 11.9. The molecule has 0 bridgehead atoms. The molecule has 0 aromatic rings. The van der Waals surface area contributed by atoms with Gasteiger partial charge in [0.05, 0.1) is 0 Å². The van der Waals surface area contributed by atoms with Crippen LogP contribution in [0.2, 0.25) is 0 Å². The Balaban J connectivity index is 2.08. The van der Waals surface area contributed by atoms with Gasteiger partial charge in [0.25, 0.3) is 11.0 Å². The van der Waals surface area contributed by atoms with Crippen molar-refractivity contribution in [2.24, 2.45) is 0 Å². The van der Waals surface area contributed by atoms with E-state index in [1.54, 1.807) is 6.92 Å². The van der Waals surface area contributed by atoms with Crippen LogP contribution < -0.4 is 5.32 Å². The molecule has 1 aliphatic rings. The predicted molar refractivity (Wildman–Crippen MR) is 87.8 cm³/mol. The van der Waals surface area contributed by atoms with Crippen LogP contribution in [0.1, 0.15) is 19.8 Å². The van der Waals surface area contributed by atoms with Crippen molar-refractivity contribution in [3.63, 3.8) is 0 Å². The van der Waals surface area contributed by atoms with Gasteiger partial charge in [-0.2, -0.15) is 0 Å². The molecule has 0 aromatic carbocycles. The van der Waals surface area contributed by atoms with Gasteiger partial charge in [-0.25, -0.2) is 4.79 Å². The molecule has 0 spiro atoms. The fourth-order valence-electron chi connectivity index (χ4n) is 1.89. The van der Waals surface area contributed by atoms with E-state index in [-0.39, 0.29) is 19.1 Å². The van der Waals surface area contributed by atoms with E-state index in [0.717, 1.165) is 0 Å². The monoisotopic (exact) mass is 381 g/mol. The molecule has 1 unspecified atom stereocenters. The van der Waals surface area contributed by atoms with Gasteiger partial charge in [-0.15, -0.1) is 10.1 Å². The Morgan fingerprint density at radius 3 is 2.62 bits per heavy atom. The molecular formula is C12H19N3O7S2. The number of hydrogen-bond acceptors (Lipinski definition) is 9. The van der Waals surface area contributed by atoms with Crippen molar-refractivity contribution in [1.29, 1.82) is 0 Å². The summed E-state index contributed by atoms with van der Waals surface area (Å²) in [6.07, 6.45) is 0.271. The average molecular weight is 381 g/mol. The van der Waals surface area contributed by atoms with Crippen molar-refractivity contribution >= 4 is 39.5 Å². The number of nitrogens with zero attached hydrogens (tertiary/aromatic N) is 2. The smallest absolute Gasteiger partial charge is 0.413 e. The Morgan fingerprint density at radius 2 is 2.04 bits per heavy atom. The summed E-state index contributed by atoms with van der Waals surface area (Å²) in [4.78, 5) is 50.4. The molecule has 0 saturated carbocycles. The topological polar surface area (TPSA) is 128 Å². The Kier molecular flexibility index (Phi) is 9.30. The van der Waals surface area contributed by atoms with Crippen LogP contribution in [0.5, 0.6) is 0 Å². The van der Waals surface area contributed by atoms with Crippen molar-refractivity contribution in [3.8, 4) is 0 Å². The number of carbonyl (C=O) groups excluding carboxylic acids is 3. The predicted octanol–water partition coefficient (Wildman–Crippen LogP) is 0.840. The third-order valence-corrected chi connectivity index (χ3v) is 5.36. The van der Waals surface area contributed by atoms with E-state index in [0.29, 0.717) is 30.9 Å². The number of rotatable bonds is 10. The maximum atomic E-state index is 11.9. The van der Waals surface area contributed by atoms with Crippen LogP contribution in [-0.4, -0.2) is 65.2 Å². The second-order valence-corrected chi connectivity index (χ2v) is 7.39. The van der Waals surface area contributed by atoms with Gasteiger partial charge in [-0.1, -0.05) is 21.6 Å². The fourth-order valence-corrected chi connectivity index (χ4v) is 3.54. The van der Waals surface area contributed by atoms with Crippen LogP contribution >= 0.6 is 21.6 Å². The molecule has 136 valence electrons. The zero-order chi connectivity index (χ0) is 17.9. The van der Waals surface area contributed by atoms with Crippen LogP contribution in [0.4, 0.5) is 4.79 Å². The molecule has 1 heterocycles. The molecule has 12 heteroatoms. The van der Waals surface area contributed by atoms with Gasteiger partial charge in [0.15, 0.2) is 0 Å². The van der Waals surface area contributed by atoms with Crippen LogP contribution in [0, 0.1) is 10.1 Å². The Hall–Kier alpha value is -1.69. The van der Waals surface area contributed by atoms with Gasteiger partial charge in [0.2, 0.25) is 5.91 Å². The zero-order valence-electron chi connectivity index (χ0n) is 13.1. The normalized spacial score (nSPS) is 15.0. The molecular weight excluding hydrogens is 362 g/mol. The summed E-state index contributed by atoms with van der Waals surface area (Å²) >= 11 is 0. The largest absolute Gasteiger partial charge is 0.448 e. The van der Waals surface area contributed by atoms with Gasteiger partial charge in [-0.05, 0) is 13.3 Å². The first-order chi connectivity index (χ1) is 11.4. The van der Waals surface area contributed by atoms with Crippen LogP contribution in [-0.2, 0) is 19.2 Å². The molecule has 1 atom stereocenters. The summed E-state index contributed by atoms with van der Waals surface area (Å²) in [6.45, 7) is 2.15. The molecule has 1 rings (SSSR count). The molecule has 1 saturated heterocycles. The molecule has 1 N–H and O–H groups in total. The van der Waals surface area contributed by atoms with Gasteiger partial charge in [0.1, 0.15) is 19.3 Å². The number of hydrogen-bond donors (Lipinski definition) is 1. The molecule has 0 radical (unpaired) electrons. The van der Waals surface area contributed by atoms with Crippen molar-refractivity contribution < 1.29 is 29.0 Å². The first kappa shape index (κ1) is 20.4. The number of imide groups is 1. The quantitative estimate of drug-likeness (QED) is 0.253. The van der Waals surface area contributed by atoms with Gasteiger partial charge in [-0.3, -0.25) is 14.9 Å². The highest BCUT2D eigenvalue weighted by Crippen LogP contribution is 2.20. The Bertz CT molecular complexity index is 478. The lowest BCUT2D eigenvalue weighted by molar-refractivity contribution is -0.756. The number of alkyl carbamates (subject to hydrolysis) is 1. The number of amides is 3. The summed E-state index contributed by atoms with van der Waals surface area (Å²) in [6, 6.07) is -0.709. The van der Waals surface area contributed by atoms with Crippen LogP contribution in [0.15, 0.2) is 0 Å². The number of ether oxygens (including phenoxy) is 1. The standard InChI is InChI=1S/C12H19N3O7S2/c1-9(14-4-2-3-10(14)16)11(17)13-12(18)21-5-7-23-24-8-6-22-15(19)20/h9H,2-8H2,1H3,(H,13,17,18). The molecule has 3 amide bonds. The van der Waals surface area contributed by atoms with Crippen molar-refractivity contribution in [3.05, 3.63) is 10.1 Å². The minimum Gasteiger partial charge on any atom is -0.448 e. The molecule has 1 aliphatic heterocycles. The van der Waals surface area contributed by atoms with Crippen molar-refractivity contribution in [2.45, 2.75) is 25.8 Å². The van der Waals surface area contributed by atoms with Gasteiger partial charge >= 0.3 is 6.09 Å². The van der Waals surface area contributed by atoms with E-state index in [9.17, 15) is 24.5 Å². The summed E-state index contributed by atoms with van der Waals surface area (Å²) in [5.74, 6) is 0.220. The first-order valence-corrected chi connectivity index (χ1v) is 9.69. The average Bonchev–Trinajstić information content (AvgIpc) is 2.94. The lowest BCUT2D eigenvalue weighted by atomic mass is 10.3. The minimum atomic E-state index is -0.860. The zero-order valence-corrected chi connectivity index (χ0v) is 14.7. The highest BCUT2D eigenvalue weighted by Gasteiger charge is 2.30. The summed E-state index contributed by atoms with van der Waals surface area (Å²) in [7, 11) is 2.71. The second-order valence-electron chi connectivity index (χ2n) is 4.69. The third kappa shape index (κ3) is 7.73. The second kappa shape index (κ2) is 11.0.